The Kier molecular flexibility index (Phi) is 5.17. The molecule has 4 heteroatoms. The molecule has 0 saturated heterocycles. The Bertz CT molecular complexity index is 638. The minimum absolute atomic E-state index is 0.307. The Morgan fingerprint density at radius 3 is 2.52 bits per heavy atom. The minimum Gasteiger partial charge on any atom is -0.493 e. The van der Waals surface area contributed by atoms with Crippen molar-refractivity contribution in [2.75, 3.05) is 7.11 Å². The molecule has 0 aliphatic rings. The molecule has 0 spiro atoms. The third-order valence-electron chi connectivity index (χ3n) is 2.97. The summed E-state index contributed by atoms with van der Waals surface area (Å²) in [6, 6.07) is 13.1. The van der Waals surface area contributed by atoms with Crippen LogP contribution in [0.4, 0.5) is 0 Å². The lowest BCUT2D eigenvalue weighted by molar-refractivity contribution is 0.112. The Morgan fingerprint density at radius 1 is 1.24 bits per heavy atom. The Balaban J connectivity index is 2.38. The smallest absolute Gasteiger partial charge is 0.176 e. The number of aldehydes is 1. The normalized spacial score (nSPS) is 11.5. The maximum atomic E-state index is 10.9. The number of hydrogen-bond donors (Lipinski definition) is 0. The molecule has 2 rings (SSSR count). The van der Waals surface area contributed by atoms with Gasteiger partial charge in [0.2, 0.25) is 0 Å². The largest absolute Gasteiger partial charge is 0.493 e. The maximum absolute atomic E-state index is 10.9. The molecule has 0 aromatic heterocycles. The van der Waals surface area contributed by atoms with Gasteiger partial charge in [0.15, 0.2) is 11.5 Å². The minimum atomic E-state index is -0.307. The van der Waals surface area contributed by atoms with E-state index in [2.05, 4.69) is 22.5 Å². The summed E-state index contributed by atoms with van der Waals surface area (Å²) >= 11 is 3.41. The average Bonchev–Trinajstić information content (AvgIpc) is 2.53. The van der Waals surface area contributed by atoms with Crippen LogP contribution >= 0.6 is 15.9 Å². The number of methoxy groups -OCH3 is 1. The third kappa shape index (κ3) is 3.52. The standard InChI is InChI=1S/C17H15BrO3/c1-3-15(13-7-5-4-6-8-13)21-17-14(18)9-12(11-19)10-16(17)20-2/h3-11,15H,1H2,2H3/t15-/m0/s1. The number of hydrogen-bond acceptors (Lipinski definition) is 3. The molecular formula is C17H15BrO3. The van der Waals surface area contributed by atoms with Gasteiger partial charge in [-0.25, -0.2) is 0 Å². The van der Waals surface area contributed by atoms with Gasteiger partial charge in [-0.15, -0.1) is 0 Å². The second-order valence-electron chi connectivity index (χ2n) is 4.34. The van der Waals surface area contributed by atoms with E-state index >= 15 is 0 Å². The molecule has 0 heterocycles. The lowest BCUT2D eigenvalue weighted by Gasteiger charge is -2.19. The van der Waals surface area contributed by atoms with Crippen LogP contribution in [0.25, 0.3) is 0 Å². The number of benzene rings is 2. The number of halogens is 1. The predicted octanol–water partition coefficient (Wildman–Crippen LogP) is 4.58. The second-order valence-corrected chi connectivity index (χ2v) is 5.19. The van der Waals surface area contributed by atoms with Gasteiger partial charge in [0, 0.05) is 5.56 Å². The van der Waals surface area contributed by atoms with E-state index in [-0.39, 0.29) is 6.10 Å². The van der Waals surface area contributed by atoms with Crippen LogP contribution < -0.4 is 9.47 Å². The Hall–Kier alpha value is -2.07. The molecule has 0 aliphatic heterocycles. The lowest BCUT2D eigenvalue weighted by atomic mass is 10.1. The van der Waals surface area contributed by atoms with Gasteiger partial charge in [-0.3, -0.25) is 4.79 Å². The van der Waals surface area contributed by atoms with Crippen LogP contribution in [0.1, 0.15) is 22.0 Å². The van der Waals surface area contributed by atoms with Gasteiger partial charge in [-0.2, -0.15) is 0 Å². The number of rotatable bonds is 6. The van der Waals surface area contributed by atoms with E-state index in [1.165, 1.54) is 7.11 Å². The fraction of sp³-hybridized carbons (Fsp3) is 0.118. The van der Waals surface area contributed by atoms with Crippen molar-refractivity contribution in [2.45, 2.75) is 6.10 Å². The molecule has 0 amide bonds. The van der Waals surface area contributed by atoms with Crippen molar-refractivity contribution >= 4 is 22.2 Å². The summed E-state index contributed by atoms with van der Waals surface area (Å²) in [7, 11) is 1.54. The van der Waals surface area contributed by atoms with Gasteiger partial charge < -0.3 is 9.47 Å². The van der Waals surface area contributed by atoms with E-state index in [9.17, 15) is 4.79 Å². The van der Waals surface area contributed by atoms with E-state index in [4.69, 9.17) is 9.47 Å². The Labute approximate surface area is 132 Å². The predicted molar refractivity (Wildman–Crippen MR) is 86.1 cm³/mol. The topological polar surface area (TPSA) is 35.5 Å². The van der Waals surface area contributed by atoms with Crippen molar-refractivity contribution in [2.24, 2.45) is 0 Å². The highest BCUT2D eigenvalue weighted by molar-refractivity contribution is 9.10. The first-order chi connectivity index (χ1) is 10.2. The van der Waals surface area contributed by atoms with Gasteiger partial charge in [-0.05, 0) is 39.7 Å². The molecule has 2 aromatic rings. The summed E-state index contributed by atoms with van der Waals surface area (Å²) < 4.78 is 12.0. The van der Waals surface area contributed by atoms with Gasteiger partial charge >= 0.3 is 0 Å². The second kappa shape index (κ2) is 7.09. The van der Waals surface area contributed by atoms with Crippen LogP contribution in [0.5, 0.6) is 11.5 Å². The van der Waals surface area contributed by atoms with E-state index in [1.807, 2.05) is 30.3 Å². The van der Waals surface area contributed by atoms with Gasteiger partial charge in [0.05, 0.1) is 11.6 Å². The fourth-order valence-electron chi connectivity index (χ4n) is 1.94. The van der Waals surface area contributed by atoms with Crippen LogP contribution in [0.3, 0.4) is 0 Å². The van der Waals surface area contributed by atoms with Gasteiger partial charge in [0.25, 0.3) is 0 Å². The lowest BCUT2D eigenvalue weighted by Crippen LogP contribution is -2.06. The number of carbonyl (C=O) groups is 1. The summed E-state index contributed by atoms with van der Waals surface area (Å²) in [4.78, 5) is 10.9. The van der Waals surface area contributed by atoms with Crippen LogP contribution in [0.15, 0.2) is 59.6 Å². The molecular weight excluding hydrogens is 332 g/mol. The van der Waals surface area contributed by atoms with Gasteiger partial charge in [0.1, 0.15) is 12.4 Å². The summed E-state index contributed by atoms with van der Waals surface area (Å²) in [6.07, 6.45) is 2.17. The molecule has 0 N–H and O–H groups in total. The van der Waals surface area contributed by atoms with Crippen molar-refractivity contribution in [1.29, 1.82) is 0 Å². The Morgan fingerprint density at radius 2 is 1.95 bits per heavy atom. The monoisotopic (exact) mass is 346 g/mol. The average molecular weight is 347 g/mol. The van der Waals surface area contributed by atoms with Crippen LogP contribution in [-0.4, -0.2) is 13.4 Å². The number of carbonyl (C=O) groups excluding carboxylic acids is 1. The molecule has 0 saturated carbocycles. The highest BCUT2D eigenvalue weighted by atomic mass is 79.9. The molecule has 21 heavy (non-hydrogen) atoms. The van der Waals surface area contributed by atoms with Crippen LogP contribution in [0.2, 0.25) is 0 Å². The maximum Gasteiger partial charge on any atom is 0.176 e. The van der Waals surface area contributed by atoms with Crippen molar-refractivity contribution in [1.82, 2.24) is 0 Å². The molecule has 2 aromatic carbocycles. The van der Waals surface area contributed by atoms with Crippen molar-refractivity contribution < 1.29 is 14.3 Å². The zero-order valence-electron chi connectivity index (χ0n) is 11.6. The molecule has 0 aliphatic carbocycles. The molecule has 0 bridgehead atoms. The first-order valence-electron chi connectivity index (χ1n) is 6.36. The molecule has 0 unspecified atom stereocenters. The highest BCUT2D eigenvalue weighted by Gasteiger charge is 2.16. The van der Waals surface area contributed by atoms with Crippen LogP contribution in [0, 0.1) is 0 Å². The molecule has 1 atom stereocenters. The first kappa shape index (κ1) is 15.3. The third-order valence-corrected chi connectivity index (χ3v) is 3.56. The van der Waals surface area contributed by atoms with Crippen LogP contribution in [-0.2, 0) is 0 Å². The fourth-order valence-corrected chi connectivity index (χ4v) is 2.50. The van der Waals surface area contributed by atoms with Crippen molar-refractivity contribution in [3.63, 3.8) is 0 Å². The number of ether oxygens (including phenoxy) is 2. The first-order valence-corrected chi connectivity index (χ1v) is 7.15. The highest BCUT2D eigenvalue weighted by Crippen LogP contribution is 2.39. The van der Waals surface area contributed by atoms with Gasteiger partial charge in [-0.1, -0.05) is 36.9 Å². The summed E-state index contributed by atoms with van der Waals surface area (Å²) in [6.45, 7) is 3.82. The summed E-state index contributed by atoms with van der Waals surface area (Å²) in [5.41, 5.74) is 1.50. The summed E-state index contributed by atoms with van der Waals surface area (Å²) in [5.74, 6) is 1.03. The zero-order valence-corrected chi connectivity index (χ0v) is 13.2. The van der Waals surface area contributed by atoms with Crippen molar-refractivity contribution in [3.8, 4) is 11.5 Å². The summed E-state index contributed by atoms with van der Waals surface area (Å²) in [5, 5.41) is 0. The zero-order chi connectivity index (χ0) is 15.2. The molecule has 108 valence electrons. The van der Waals surface area contributed by atoms with E-state index in [0.29, 0.717) is 21.5 Å². The quantitative estimate of drug-likeness (QED) is 0.567. The SMILES string of the molecule is C=C[C@H](Oc1c(Br)cc(C=O)cc1OC)c1ccccc1. The van der Waals surface area contributed by atoms with E-state index in [0.717, 1.165) is 11.8 Å². The van der Waals surface area contributed by atoms with E-state index < -0.39 is 0 Å². The molecule has 0 fully saturated rings. The molecule has 0 radical (unpaired) electrons. The van der Waals surface area contributed by atoms with Crippen molar-refractivity contribution in [3.05, 3.63) is 70.7 Å². The van der Waals surface area contributed by atoms with E-state index in [1.54, 1.807) is 18.2 Å². The molecule has 3 nitrogen and oxygen atoms in total.